The van der Waals surface area contributed by atoms with Crippen LogP contribution in [0, 0.1) is 0 Å². The molecule has 0 radical (unpaired) electrons. The van der Waals surface area contributed by atoms with Gasteiger partial charge < -0.3 is 4.98 Å². The lowest BCUT2D eigenvalue weighted by atomic mass is 10.4. The van der Waals surface area contributed by atoms with Gasteiger partial charge >= 0.3 is 0 Å². The highest BCUT2D eigenvalue weighted by Crippen LogP contribution is 1.90. The normalized spacial score (nSPS) is 10.3. The van der Waals surface area contributed by atoms with E-state index in [9.17, 15) is 8.42 Å². The third-order valence-corrected chi connectivity index (χ3v) is 2.06. The standard InChI is InChI=1S/C4H5N.C4H10O3S/c1-2-4-5-3-1;1-2-3-4-8(5,6)7/h1-5H;2-4H2,1H3,(H,5,6,7). The van der Waals surface area contributed by atoms with Crippen LogP contribution in [0.25, 0.3) is 0 Å². The third-order valence-electron chi connectivity index (χ3n) is 1.25. The average molecular weight is 205 g/mol. The molecule has 5 heteroatoms. The Balaban J connectivity index is 0.000000243. The van der Waals surface area contributed by atoms with Crippen molar-refractivity contribution in [1.29, 1.82) is 0 Å². The third kappa shape index (κ3) is 11.2. The number of H-pyrrole nitrogens is 1. The first-order valence-corrected chi connectivity index (χ1v) is 5.70. The second-order valence-electron chi connectivity index (χ2n) is 2.52. The molecular weight excluding hydrogens is 190 g/mol. The van der Waals surface area contributed by atoms with E-state index in [-0.39, 0.29) is 5.75 Å². The lowest BCUT2D eigenvalue weighted by molar-refractivity contribution is 0.480. The van der Waals surface area contributed by atoms with E-state index in [2.05, 4.69) is 4.98 Å². The SMILES string of the molecule is CCCCS(=O)(=O)O.c1cc[nH]c1. The van der Waals surface area contributed by atoms with Crippen molar-refractivity contribution in [3.05, 3.63) is 24.5 Å². The van der Waals surface area contributed by atoms with E-state index in [1.54, 1.807) is 0 Å². The van der Waals surface area contributed by atoms with E-state index in [4.69, 9.17) is 4.55 Å². The Morgan fingerprint density at radius 3 is 2.00 bits per heavy atom. The number of nitrogens with one attached hydrogen (secondary N) is 1. The number of hydrogen-bond acceptors (Lipinski definition) is 2. The molecule has 0 aliphatic carbocycles. The second-order valence-corrected chi connectivity index (χ2v) is 4.10. The number of rotatable bonds is 3. The Morgan fingerprint density at radius 2 is 1.85 bits per heavy atom. The summed E-state index contributed by atoms with van der Waals surface area (Å²) in [4.78, 5) is 2.86. The second kappa shape index (κ2) is 6.68. The molecule has 13 heavy (non-hydrogen) atoms. The predicted molar refractivity (Wildman–Crippen MR) is 52.1 cm³/mol. The maximum atomic E-state index is 9.95. The highest BCUT2D eigenvalue weighted by atomic mass is 32.2. The summed E-state index contributed by atoms with van der Waals surface area (Å²) in [5, 5.41) is 0. The van der Waals surface area contributed by atoms with E-state index >= 15 is 0 Å². The van der Waals surface area contributed by atoms with Gasteiger partial charge in [0.25, 0.3) is 10.1 Å². The molecule has 0 saturated heterocycles. The van der Waals surface area contributed by atoms with E-state index in [0.717, 1.165) is 6.42 Å². The van der Waals surface area contributed by atoms with Gasteiger partial charge in [0.05, 0.1) is 5.75 Å². The van der Waals surface area contributed by atoms with Crippen LogP contribution >= 0.6 is 0 Å². The van der Waals surface area contributed by atoms with Crippen molar-refractivity contribution >= 4 is 10.1 Å². The number of aromatic amines is 1. The summed E-state index contributed by atoms with van der Waals surface area (Å²) in [7, 11) is -3.69. The highest BCUT2D eigenvalue weighted by Gasteiger charge is 2.00. The topological polar surface area (TPSA) is 70.2 Å². The molecule has 0 aliphatic heterocycles. The van der Waals surface area contributed by atoms with Gasteiger partial charge in [-0.25, -0.2) is 0 Å². The molecular formula is C8H15NO3S. The Labute approximate surface area is 78.7 Å². The monoisotopic (exact) mass is 205 g/mol. The van der Waals surface area contributed by atoms with E-state index in [0.29, 0.717) is 6.42 Å². The van der Waals surface area contributed by atoms with Crippen molar-refractivity contribution in [3.63, 3.8) is 0 Å². The Kier molecular flexibility index (Phi) is 6.26. The maximum Gasteiger partial charge on any atom is 0.264 e. The van der Waals surface area contributed by atoms with Crippen molar-refractivity contribution in [3.8, 4) is 0 Å². The van der Waals surface area contributed by atoms with Gasteiger partial charge in [-0.15, -0.1) is 0 Å². The predicted octanol–water partition coefficient (Wildman–Crippen LogP) is 1.69. The molecule has 0 saturated carbocycles. The minimum absolute atomic E-state index is 0.108. The molecule has 0 amide bonds. The Bertz CT molecular complexity index is 261. The zero-order valence-electron chi connectivity index (χ0n) is 7.60. The minimum atomic E-state index is -3.69. The molecule has 1 heterocycles. The van der Waals surface area contributed by atoms with Crippen LogP contribution < -0.4 is 0 Å². The molecule has 1 aromatic heterocycles. The van der Waals surface area contributed by atoms with Crippen LogP contribution in [0.4, 0.5) is 0 Å². The summed E-state index contributed by atoms with van der Waals surface area (Å²) < 4.78 is 28.0. The number of hydrogen-bond donors (Lipinski definition) is 2. The van der Waals surface area contributed by atoms with Gasteiger partial charge in [-0.2, -0.15) is 8.42 Å². The molecule has 1 aromatic rings. The Morgan fingerprint density at radius 1 is 1.31 bits per heavy atom. The van der Waals surface area contributed by atoms with Gasteiger partial charge in [0.2, 0.25) is 0 Å². The fourth-order valence-corrected chi connectivity index (χ4v) is 1.26. The van der Waals surface area contributed by atoms with Crippen molar-refractivity contribution < 1.29 is 13.0 Å². The van der Waals surface area contributed by atoms with Gasteiger partial charge in [-0.1, -0.05) is 13.3 Å². The quantitative estimate of drug-likeness (QED) is 0.738. The average Bonchev–Trinajstić information content (AvgIpc) is 2.56. The van der Waals surface area contributed by atoms with Crippen LogP contribution in [-0.2, 0) is 10.1 Å². The van der Waals surface area contributed by atoms with Crippen molar-refractivity contribution in [2.24, 2.45) is 0 Å². The minimum Gasteiger partial charge on any atom is -0.368 e. The first-order chi connectivity index (χ1) is 6.06. The first kappa shape index (κ1) is 12.2. The first-order valence-electron chi connectivity index (χ1n) is 4.09. The zero-order valence-corrected chi connectivity index (χ0v) is 8.42. The van der Waals surface area contributed by atoms with Crippen LogP contribution in [0.15, 0.2) is 24.5 Å². The summed E-state index contributed by atoms with van der Waals surface area (Å²) in [6, 6.07) is 3.89. The summed E-state index contributed by atoms with van der Waals surface area (Å²) in [5.74, 6) is -0.108. The number of aromatic nitrogens is 1. The zero-order chi connectivity index (χ0) is 10.2. The fourth-order valence-electron chi connectivity index (χ4n) is 0.605. The van der Waals surface area contributed by atoms with Crippen molar-refractivity contribution in [2.75, 3.05) is 5.75 Å². The molecule has 76 valence electrons. The van der Waals surface area contributed by atoms with Gasteiger partial charge in [-0.05, 0) is 18.6 Å². The molecule has 2 N–H and O–H groups in total. The van der Waals surface area contributed by atoms with E-state index < -0.39 is 10.1 Å². The highest BCUT2D eigenvalue weighted by molar-refractivity contribution is 7.85. The molecule has 0 fully saturated rings. The molecule has 0 atom stereocenters. The van der Waals surface area contributed by atoms with Crippen LogP contribution in [0.3, 0.4) is 0 Å². The van der Waals surface area contributed by atoms with Crippen LogP contribution in [-0.4, -0.2) is 23.7 Å². The smallest absolute Gasteiger partial charge is 0.264 e. The summed E-state index contributed by atoms with van der Waals surface area (Å²) in [6.45, 7) is 1.87. The van der Waals surface area contributed by atoms with Gasteiger partial charge in [0.15, 0.2) is 0 Å². The van der Waals surface area contributed by atoms with Crippen molar-refractivity contribution in [2.45, 2.75) is 19.8 Å². The maximum absolute atomic E-state index is 9.95. The van der Waals surface area contributed by atoms with Gasteiger partial charge in [-0.3, -0.25) is 4.55 Å². The van der Waals surface area contributed by atoms with Gasteiger partial charge in [0, 0.05) is 12.4 Å². The molecule has 0 unspecified atom stereocenters. The van der Waals surface area contributed by atoms with Gasteiger partial charge in [0.1, 0.15) is 0 Å². The molecule has 0 aliphatic rings. The lowest BCUT2D eigenvalue weighted by Crippen LogP contribution is -2.02. The summed E-state index contributed by atoms with van der Waals surface area (Å²) >= 11 is 0. The van der Waals surface area contributed by atoms with Crippen LogP contribution in [0.2, 0.25) is 0 Å². The number of unbranched alkanes of at least 4 members (excludes halogenated alkanes) is 1. The molecule has 4 nitrogen and oxygen atoms in total. The van der Waals surface area contributed by atoms with Crippen LogP contribution in [0.5, 0.6) is 0 Å². The fraction of sp³-hybridized carbons (Fsp3) is 0.500. The van der Waals surface area contributed by atoms with E-state index in [1.807, 2.05) is 31.5 Å². The largest absolute Gasteiger partial charge is 0.368 e. The molecule has 0 bridgehead atoms. The summed E-state index contributed by atoms with van der Waals surface area (Å²) in [6.07, 6.45) is 5.08. The Hall–Kier alpha value is -0.810. The molecule has 0 aromatic carbocycles. The van der Waals surface area contributed by atoms with Crippen LogP contribution in [0.1, 0.15) is 19.8 Å². The van der Waals surface area contributed by atoms with E-state index in [1.165, 1.54) is 0 Å². The lowest BCUT2D eigenvalue weighted by Gasteiger charge is -1.90. The molecule has 0 spiro atoms. The van der Waals surface area contributed by atoms with Crippen molar-refractivity contribution in [1.82, 2.24) is 4.98 Å². The molecule has 1 rings (SSSR count). The summed E-state index contributed by atoms with van der Waals surface area (Å²) in [5.41, 5.74) is 0.